The topological polar surface area (TPSA) is 50.4 Å². The zero-order valence-corrected chi connectivity index (χ0v) is 11.3. The molecule has 1 amide bonds. The van der Waals surface area contributed by atoms with Gasteiger partial charge in [-0.2, -0.15) is 0 Å². The minimum Gasteiger partial charge on any atom is -0.364 e. The molecule has 0 aromatic carbocycles. The molecule has 1 rings (SSSR count). The smallest absolute Gasteiger partial charge is 0.248 e. The van der Waals surface area contributed by atoms with Gasteiger partial charge < -0.3 is 15.4 Å². The van der Waals surface area contributed by atoms with Gasteiger partial charge in [0.2, 0.25) is 5.91 Å². The Morgan fingerprint density at radius 3 is 3.00 bits per heavy atom. The van der Waals surface area contributed by atoms with E-state index in [2.05, 4.69) is 24.5 Å². The average molecular weight is 242 g/mol. The van der Waals surface area contributed by atoms with E-state index in [4.69, 9.17) is 4.74 Å². The van der Waals surface area contributed by atoms with Crippen molar-refractivity contribution in [3.63, 3.8) is 0 Å². The summed E-state index contributed by atoms with van der Waals surface area (Å²) in [6.45, 7) is 7.87. The Hall–Kier alpha value is -0.610. The van der Waals surface area contributed by atoms with Gasteiger partial charge in [0.25, 0.3) is 0 Å². The van der Waals surface area contributed by atoms with E-state index in [1.54, 1.807) is 0 Å². The molecule has 17 heavy (non-hydrogen) atoms. The fraction of sp³-hybridized carbons (Fsp3) is 0.923. The molecule has 0 aromatic heterocycles. The molecule has 1 fully saturated rings. The maximum absolute atomic E-state index is 11.7. The van der Waals surface area contributed by atoms with E-state index in [1.165, 1.54) is 0 Å². The molecule has 3 atom stereocenters. The fourth-order valence-electron chi connectivity index (χ4n) is 2.06. The summed E-state index contributed by atoms with van der Waals surface area (Å²) in [5, 5.41) is 6.28. The van der Waals surface area contributed by atoms with Crippen molar-refractivity contribution < 1.29 is 9.53 Å². The number of ether oxygens (including phenoxy) is 1. The van der Waals surface area contributed by atoms with Crippen LogP contribution < -0.4 is 10.6 Å². The molecule has 2 N–H and O–H groups in total. The molecule has 0 spiro atoms. The minimum atomic E-state index is -0.348. The first-order chi connectivity index (χ1) is 8.15. The Labute approximate surface area is 104 Å². The van der Waals surface area contributed by atoms with Crippen molar-refractivity contribution in [3.8, 4) is 0 Å². The summed E-state index contributed by atoms with van der Waals surface area (Å²) in [6, 6.07) is 0.342. The number of hydrogen-bond donors (Lipinski definition) is 2. The van der Waals surface area contributed by atoms with Crippen molar-refractivity contribution in [2.75, 3.05) is 13.1 Å². The third-order valence-electron chi connectivity index (χ3n) is 3.27. The summed E-state index contributed by atoms with van der Waals surface area (Å²) < 4.78 is 5.82. The summed E-state index contributed by atoms with van der Waals surface area (Å²) in [4.78, 5) is 11.7. The van der Waals surface area contributed by atoms with Crippen molar-refractivity contribution in [1.29, 1.82) is 0 Å². The van der Waals surface area contributed by atoms with Gasteiger partial charge in [-0.25, -0.2) is 0 Å². The predicted molar refractivity (Wildman–Crippen MR) is 69.0 cm³/mol. The van der Waals surface area contributed by atoms with E-state index in [0.29, 0.717) is 6.04 Å². The van der Waals surface area contributed by atoms with Crippen molar-refractivity contribution in [1.82, 2.24) is 10.6 Å². The highest BCUT2D eigenvalue weighted by atomic mass is 16.5. The Morgan fingerprint density at radius 1 is 1.59 bits per heavy atom. The normalized spacial score (nSPS) is 26.5. The molecule has 1 aliphatic heterocycles. The molecule has 0 bridgehead atoms. The summed E-state index contributed by atoms with van der Waals surface area (Å²) in [5.41, 5.74) is 0. The van der Waals surface area contributed by atoms with Crippen LogP contribution in [0.2, 0.25) is 0 Å². The molecule has 100 valence electrons. The van der Waals surface area contributed by atoms with Crippen LogP contribution in [-0.2, 0) is 9.53 Å². The van der Waals surface area contributed by atoms with E-state index in [9.17, 15) is 4.79 Å². The summed E-state index contributed by atoms with van der Waals surface area (Å²) >= 11 is 0. The van der Waals surface area contributed by atoms with Gasteiger partial charge in [-0.15, -0.1) is 0 Å². The lowest BCUT2D eigenvalue weighted by molar-refractivity contribution is -0.137. The third-order valence-corrected chi connectivity index (χ3v) is 3.27. The number of amides is 1. The number of nitrogens with one attached hydrogen (secondary N) is 2. The minimum absolute atomic E-state index is 0.0104. The average Bonchev–Trinajstić information content (AvgIpc) is 2.32. The van der Waals surface area contributed by atoms with Gasteiger partial charge in [0.05, 0.1) is 6.10 Å². The summed E-state index contributed by atoms with van der Waals surface area (Å²) in [6.07, 6.45) is 4.11. The molecule has 3 unspecified atom stereocenters. The highest BCUT2D eigenvalue weighted by molar-refractivity contribution is 5.80. The van der Waals surface area contributed by atoms with Crippen LogP contribution >= 0.6 is 0 Å². The zero-order valence-electron chi connectivity index (χ0n) is 11.3. The van der Waals surface area contributed by atoms with Gasteiger partial charge in [-0.05, 0) is 39.7 Å². The Morgan fingerprint density at radius 2 is 2.35 bits per heavy atom. The SMILES string of the molecule is CCCCNC(=O)C(C)OC1CCCNC1C. The standard InChI is InChI=1S/C13H26N2O2/c1-4-5-8-15-13(16)11(3)17-12-7-6-9-14-10(12)2/h10-12,14H,4-9H2,1-3H3,(H,15,16). The van der Waals surface area contributed by atoms with E-state index in [0.717, 1.165) is 38.8 Å². The van der Waals surface area contributed by atoms with Crippen LogP contribution in [0.25, 0.3) is 0 Å². The van der Waals surface area contributed by atoms with Crippen LogP contribution in [0.15, 0.2) is 0 Å². The van der Waals surface area contributed by atoms with Crippen LogP contribution in [0.4, 0.5) is 0 Å². The van der Waals surface area contributed by atoms with E-state index in [1.807, 2.05) is 6.92 Å². The molecule has 0 radical (unpaired) electrons. The molecule has 4 heteroatoms. The van der Waals surface area contributed by atoms with E-state index in [-0.39, 0.29) is 18.1 Å². The van der Waals surface area contributed by atoms with Gasteiger partial charge in [0.15, 0.2) is 0 Å². The second-order valence-corrected chi connectivity index (χ2v) is 4.85. The van der Waals surface area contributed by atoms with Crippen LogP contribution in [0.3, 0.4) is 0 Å². The lowest BCUT2D eigenvalue weighted by Gasteiger charge is -2.31. The third kappa shape index (κ3) is 5.04. The van der Waals surface area contributed by atoms with Crippen LogP contribution in [0, 0.1) is 0 Å². The molecule has 0 saturated carbocycles. The monoisotopic (exact) mass is 242 g/mol. The number of rotatable bonds is 6. The number of piperidine rings is 1. The zero-order chi connectivity index (χ0) is 12.7. The van der Waals surface area contributed by atoms with Gasteiger partial charge in [0.1, 0.15) is 6.10 Å². The van der Waals surface area contributed by atoms with E-state index >= 15 is 0 Å². The molecule has 0 aliphatic carbocycles. The molecular formula is C13H26N2O2. The van der Waals surface area contributed by atoms with Crippen LogP contribution in [-0.4, -0.2) is 37.2 Å². The van der Waals surface area contributed by atoms with E-state index < -0.39 is 0 Å². The first kappa shape index (κ1) is 14.5. The van der Waals surface area contributed by atoms with Gasteiger partial charge in [0, 0.05) is 12.6 Å². The van der Waals surface area contributed by atoms with Crippen molar-refractivity contribution >= 4 is 5.91 Å². The van der Waals surface area contributed by atoms with Crippen LogP contribution in [0.1, 0.15) is 46.5 Å². The molecule has 1 heterocycles. The molecule has 0 aromatic rings. The number of carbonyl (C=O) groups excluding carboxylic acids is 1. The molecule has 1 aliphatic rings. The Balaban J connectivity index is 2.26. The maximum atomic E-state index is 11.7. The second-order valence-electron chi connectivity index (χ2n) is 4.85. The number of hydrogen-bond acceptors (Lipinski definition) is 3. The predicted octanol–water partition coefficient (Wildman–Crippen LogP) is 1.45. The quantitative estimate of drug-likeness (QED) is 0.693. The van der Waals surface area contributed by atoms with Crippen molar-refractivity contribution in [3.05, 3.63) is 0 Å². The van der Waals surface area contributed by atoms with Crippen molar-refractivity contribution in [2.24, 2.45) is 0 Å². The van der Waals surface area contributed by atoms with Gasteiger partial charge in [-0.3, -0.25) is 4.79 Å². The lowest BCUT2D eigenvalue weighted by atomic mass is 10.0. The highest BCUT2D eigenvalue weighted by Crippen LogP contribution is 2.14. The first-order valence-electron chi connectivity index (χ1n) is 6.81. The number of carbonyl (C=O) groups is 1. The van der Waals surface area contributed by atoms with Crippen molar-refractivity contribution in [2.45, 2.75) is 64.7 Å². The molecule has 1 saturated heterocycles. The first-order valence-corrected chi connectivity index (χ1v) is 6.81. The molecular weight excluding hydrogens is 216 g/mol. The van der Waals surface area contributed by atoms with Crippen LogP contribution in [0.5, 0.6) is 0 Å². The summed E-state index contributed by atoms with van der Waals surface area (Å²) in [7, 11) is 0. The second kappa shape index (κ2) is 7.67. The lowest BCUT2D eigenvalue weighted by Crippen LogP contribution is -2.47. The maximum Gasteiger partial charge on any atom is 0.248 e. The Kier molecular flexibility index (Phi) is 6.52. The Bertz CT molecular complexity index is 233. The van der Waals surface area contributed by atoms with Gasteiger partial charge >= 0.3 is 0 Å². The largest absolute Gasteiger partial charge is 0.364 e. The fourth-order valence-corrected chi connectivity index (χ4v) is 2.06. The molecule has 4 nitrogen and oxygen atoms in total. The summed E-state index contributed by atoms with van der Waals surface area (Å²) in [5.74, 6) is 0.0104. The highest BCUT2D eigenvalue weighted by Gasteiger charge is 2.25. The number of unbranched alkanes of at least 4 members (excludes halogenated alkanes) is 1. The van der Waals surface area contributed by atoms with Gasteiger partial charge in [-0.1, -0.05) is 13.3 Å².